The van der Waals surface area contributed by atoms with E-state index in [1.807, 2.05) is 48.9 Å². The molecule has 0 bridgehead atoms. The molecule has 2 rings (SSSR count). The summed E-state index contributed by atoms with van der Waals surface area (Å²) >= 11 is 0. The second-order valence-electron chi connectivity index (χ2n) is 4.06. The first kappa shape index (κ1) is 10.9. The zero-order valence-corrected chi connectivity index (χ0v) is 9.59. The van der Waals surface area contributed by atoms with Crippen molar-refractivity contribution in [2.45, 2.75) is 26.5 Å². The van der Waals surface area contributed by atoms with Crippen LogP contribution in [0.2, 0.25) is 0 Å². The SMILES string of the molecule is Cc1cccc(C(O)Cn2ccnc2C)c1. The summed E-state index contributed by atoms with van der Waals surface area (Å²) in [7, 11) is 0. The molecule has 1 aromatic carbocycles. The lowest BCUT2D eigenvalue weighted by Gasteiger charge is -2.13. The van der Waals surface area contributed by atoms with E-state index in [0.717, 1.165) is 11.4 Å². The lowest BCUT2D eigenvalue weighted by molar-refractivity contribution is 0.155. The standard InChI is InChI=1S/C13H16N2O/c1-10-4-3-5-12(8-10)13(16)9-15-7-6-14-11(15)2/h3-8,13,16H,9H2,1-2H3. The summed E-state index contributed by atoms with van der Waals surface area (Å²) in [5, 5.41) is 10.1. The highest BCUT2D eigenvalue weighted by atomic mass is 16.3. The van der Waals surface area contributed by atoms with Crippen LogP contribution in [-0.4, -0.2) is 14.7 Å². The number of nitrogens with zero attached hydrogens (tertiary/aromatic N) is 2. The molecule has 0 aliphatic rings. The molecule has 1 unspecified atom stereocenters. The van der Waals surface area contributed by atoms with Gasteiger partial charge in [-0.25, -0.2) is 4.98 Å². The Morgan fingerprint density at radius 2 is 2.19 bits per heavy atom. The number of aliphatic hydroxyl groups is 1. The monoisotopic (exact) mass is 216 g/mol. The van der Waals surface area contributed by atoms with E-state index in [-0.39, 0.29) is 0 Å². The van der Waals surface area contributed by atoms with E-state index in [1.165, 1.54) is 5.56 Å². The van der Waals surface area contributed by atoms with Crippen LogP contribution < -0.4 is 0 Å². The van der Waals surface area contributed by atoms with Crippen molar-refractivity contribution in [2.24, 2.45) is 0 Å². The molecular formula is C13H16N2O. The quantitative estimate of drug-likeness (QED) is 0.854. The van der Waals surface area contributed by atoms with E-state index in [1.54, 1.807) is 6.20 Å². The summed E-state index contributed by atoms with van der Waals surface area (Å²) in [5.74, 6) is 0.923. The highest BCUT2D eigenvalue weighted by Gasteiger charge is 2.09. The third-order valence-electron chi connectivity index (χ3n) is 2.72. The number of aliphatic hydroxyl groups excluding tert-OH is 1. The Morgan fingerprint density at radius 3 is 2.81 bits per heavy atom. The third kappa shape index (κ3) is 2.31. The highest BCUT2D eigenvalue weighted by Crippen LogP contribution is 2.16. The van der Waals surface area contributed by atoms with E-state index in [0.29, 0.717) is 6.54 Å². The van der Waals surface area contributed by atoms with Gasteiger partial charge in [-0.3, -0.25) is 0 Å². The Hall–Kier alpha value is -1.61. The number of aryl methyl sites for hydroxylation is 2. The van der Waals surface area contributed by atoms with Crippen molar-refractivity contribution < 1.29 is 5.11 Å². The third-order valence-corrected chi connectivity index (χ3v) is 2.72. The minimum absolute atomic E-state index is 0.479. The molecule has 0 saturated heterocycles. The summed E-state index contributed by atoms with van der Waals surface area (Å²) in [6, 6.07) is 7.95. The van der Waals surface area contributed by atoms with Crippen LogP contribution >= 0.6 is 0 Å². The molecule has 16 heavy (non-hydrogen) atoms. The van der Waals surface area contributed by atoms with Crippen LogP contribution in [0.3, 0.4) is 0 Å². The van der Waals surface area contributed by atoms with Crippen LogP contribution in [-0.2, 0) is 6.54 Å². The average molecular weight is 216 g/mol. The molecule has 1 heterocycles. The molecule has 84 valence electrons. The van der Waals surface area contributed by atoms with Crippen LogP contribution in [0.4, 0.5) is 0 Å². The van der Waals surface area contributed by atoms with E-state index in [9.17, 15) is 5.11 Å². The van der Waals surface area contributed by atoms with Gasteiger partial charge in [0.05, 0.1) is 12.6 Å². The van der Waals surface area contributed by atoms with Crippen molar-refractivity contribution in [3.8, 4) is 0 Å². The highest BCUT2D eigenvalue weighted by molar-refractivity contribution is 5.24. The molecule has 3 heteroatoms. The number of rotatable bonds is 3. The summed E-state index contributed by atoms with van der Waals surface area (Å²) in [6.07, 6.45) is 3.15. The van der Waals surface area contributed by atoms with Gasteiger partial charge < -0.3 is 9.67 Å². The first-order valence-electron chi connectivity index (χ1n) is 5.39. The van der Waals surface area contributed by atoms with Crippen molar-refractivity contribution in [1.29, 1.82) is 0 Å². The Balaban J connectivity index is 2.14. The lowest BCUT2D eigenvalue weighted by Crippen LogP contribution is -2.09. The predicted octanol–water partition coefficient (Wildman–Crippen LogP) is 2.23. The summed E-state index contributed by atoms with van der Waals surface area (Å²) in [5.41, 5.74) is 2.12. The molecule has 0 aliphatic heterocycles. The smallest absolute Gasteiger partial charge is 0.105 e. The minimum atomic E-state index is -0.479. The second kappa shape index (κ2) is 4.49. The largest absolute Gasteiger partial charge is 0.387 e. The van der Waals surface area contributed by atoms with E-state index < -0.39 is 6.10 Å². The Kier molecular flexibility index (Phi) is 3.06. The zero-order chi connectivity index (χ0) is 11.5. The fraction of sp³-hybridized carbons (Fsp3) is 0.308. The van der Waals surface area contributed by atoms with Crippen molar-refractivity contribution in [2.75, 3.05) is 0 Å². The maximum absolute atomic E-state index is 10.1. The topological polar surface area (TPSA) is 38.0 Å². The van der Waals surface area contributed by atoms with Gasteiger partial charge in [0.2, 0.25) is 0 Å². The predicted molar refractivity (Wildman–Crippen MR) is 63.1 cm³/mol. The number of hydrogen-bond donors (Lipinski definition) is 1. The molecule has 0 fully saturated rings. The summed E-state index contributed by atoms with van der Waals surface area (Å²) < 4.78 is 1.95. The molecule has 2 aromatic rings. The molecule has 1 aromatic heterocycles. The Morgan fingerprint density at radius 1 is 1.38 bits per heavy atom. The zero-order valence-electron chi connectivity index (χ0n) is 9.59. The van der Waals surface area contributed by atoms with Gasteiger partial charge in [-0.1, -0.05) is 29.8 Å². The minimum Gasteiger partial charge on any atom is -0.387 e. The fourth-order valence-electron chi connectivity index (χ4n) is 1.77. The molecule has 1 N–H and O–H groups in total. The van der Waals surface area contributed by atoms with Crippen molar-refractivity contribution in [3.63, 3.8) is 0 Å². The van der Waals surface area contributed by atoms with Crippen molar-refractivity contribution in [3.05, 3.63) is 53.6 Å². The average Bonchev–Trinajstić information content (AvgIpc) is 2.64. The second-order valence-corrected chi connectivity index (χ2v) is 4.06. The number of hydrogen-bond acceptors (Lipinski definition) is 2. The van der Waals surface area contributed by atoms with Gasteiger partial charge in [0, 0.05) is 12.4 Å². The molecule has 3 nitrogen and oxygen atoms in total. The van der Waals surface area contributed by atoms with Gasteiger partial charge in [-0.2, -0.15) is 0 Å². The first-order chi connectivity index (χ1) is 7.66. The summed E-state index contributed by atoms with van der Waals surface area (Å²) in [4.78, 5) is 4.13. The Bertz CT molecular complexity index is 476. The molecule has 0 saturated carbocycles. The number of benzene rings is 1. The van der Waals surface area contributed by atoms with Gasteiger partial charge in [0.1, 0.15) is 5.82 Å². The van der Waals surface area contributed by atoms with Crippen LogP contribution in [0.15, 0.2) is 36.7 Å². The van der Waals surface area contributed by atoms with Crippen LogP contribution in [0, 0.1) is 13.8 Å². The molecular weight excluding hydrogens is 200 g/mol. The van der Waals surface area contributed by atoms with Gasteiger partial charge in [0.15, 0.2) is 0 Å². The van der Waals surface area contributed by atoms with E-state index in [2.05, 4.69) is 4.98 Å². The molecule has 1 atom stereocenters. The van der Waals surface area contributed by atoms with Gasteiger partial charge in [-0.05, 0) is 19.4 Å². The van der Waals surface area contributed by atoms with E-state index >= 15 is 0 Å². The maximum Gasteiger partial charge on any atom is 0.105 e. The molecule has 0 spiro atoms. The number of aromatic nitrogens is 2. The van der Waals surface area contributed by atoms with Crippen LogP contribution in [0.5, 0.6) is 0 Å². The Labute approximate surface area is 95.4 Å². The van der Waals surface area contributed by atoms with E-state index in [4.69, 9.17) is 0 Å². The van der Waals surface area contributed by atoms with Crippen LogP contribution in [0.25, 0.3) is 0 Å². The van der Waals surface area contributed by atoms with Gasteiger partial charge >= 0.3 is 0 Å². The summed E-state index contributed by atoms with van der Waals surface area (Å²) in [6.45, 7) is 4.51. The fourth-order valence-corrected chi connectivity index (χ4v) is 1.77. The molecule has 0 radical (unpaired) electrons. The molecule has 0 aliphatic carbocycles. The number of imidazole rings is 1. The maximum atomic E-state index is 10.1. The molecule has 0 amide bonds. The van der Waals surface area contributed by atoms with Gasteiger partial charge in [-0.15, -0.1) is 0 Å². The lowest BCUT2D eigenvalue weighted by atomic mass is 10.1. The first-order valence-corrected chi connectivity index (χ1v) is 5.39. The van der Waals surface area contributed by atoms with Crippen molar-refractivity contribution >= 4 is 0 Å². The van der Waals surface area contributed by atoms with Crippen LogP contribution in [0.1, 0.15) is 23.1 Å². The van der Waals surface area contributed by atoms with Crippen molar-refractivity contribution in [1.82, 2.24) is 9.55 Å². The van der Waals surface area contributed by atoms with Gasteiger partial charge in [0.25, 0.3) is 0 Å². The normalized spacial score (nSPS) is 12.7.